The fourth-order valence-corrected chi connectivity index (χ4v) is 2.50. The Labute approximate surface area is 131 Å². The van der Waals surface area contributed by atoms with E-state index in [0.717, 1.165) is 12.0 Å². The van der Waals surface area contributed by atoms with Crippen LogP contribution in [-0.4, -0.2) is 19.2 Å². The number of thiophene rings is 1. The van der Waals surface area contributed by atoms with E-state index in [9.17, 15) is 13.6 Å². The zero-order valence-electron chi connectivity index (χ0n) is 11.7. The number of nitrogens with one attached hydrogen (secondary N) is 2. The fourth-order valence-electron chi connectivity index (χ4n) is 1.79. The first-order valence-corrected chi connectivity index (χ1v) is 7.59. The highest BCUT2D eigenvalue weighted by Crippen LogP contribution is 2.14. The summed E-state index contributed by atoms with van der Waals surface area (Å²) in [7, 11) is 0. The molecular weight excluding hydrogens is 310 g/mol. The molecule has 0 aliphatic heterocycles. The highest BCUT2D eigenvalue weighted by Gasteiger charge is 2.04. The number of hydrogen-bond donors (Lipinski definition) is 2. The van der Waals surface area contributed by atoms with Gasteiger partial charge in [0.2, 0.25) is 0 Å². The highest BCUT2D eigenvalue weighted by molar-refractivity contribution is 7.09. The van der Waals surface area contributed by atoms with Gasteiger partial charge < -0.3 is 15.4 Å². The molecule has 1 aromatic carbocycles. The topological polar surface area (TPSA) is 50.4 Å². The highest BCUT2D eigenvalue weighted by atomic mass is 32.1. The lowest BCUT2D eigenvalue weighted by Gasteiger charge is -2.08. The van der Waals surface area contributed by atoms with Crippen molar-refractivity contribution >= 4 is 17.4 Å². The number of carbonyl (C=O) groups excluding carboxylic acids is 1. The Hall–Kier alpha value is -2.15. The molecule has 0 radical (unpaired) electrons. The van der Waals surface area contributed by atoms with Crippen molar-refractivity contribution in [1.82, 2.24) is 10.6 Å². The standard InChI is InChI=1S/C15H16F2N2O2S/c16-14(17)21-12-5-3-11(4-6-12)10-19-15(20)18-8-7-13-2-1-9-22-13/h1-6,9,14H,7-8,10H2,(H2,18,19,20). The summed E-state index contributed by atoms with van der Waals surface area (Å²) in [5.74, 6) is 0.0964. The number of carbonyl (C=O) groups is 1. The lowest BCUT2D eigenvalue weighted by molar-refractivity contribution is -0.0498. The molecule has 0 unspecified atom stereocenters. The van der Waals surface area contributed by atoms with Crippen LogP contribution in [0.15, 0.2) is 41.8 Å². The molecule has 0 saturated carbocycles. The molecule has 2 rings (SSSR count). The maximum Gasteiger partial charge on any atom is 0.387 e. The summed E-state index contributed by atoms with van der Waals surface area (Å²) in [5, 5.41) is 7.46. The number of rotatable bonds is 7. The minimum atomic E-state index is -2.84. The normalized spacial score (nSPS) is 10.5. The van der Waals surface area contributed by atoms with Gasteiger partial charge in [0.1, 0.15) is 5.75 Å². The first-order chi connectivity index (χ1) is 10.6. The summed E-state index contributed by atoms with van der Waals surface area (Å²) in [6.45, 7) is -1.95. The Morgan fingerprint density at radius 3 is 2.59 bits per heavy atom. The monoisotopic (exact) mass is 326 g/mol. The zero-order valence-corrected chi connectivity index (χ0v) is 12.5. The molecule has 2 aromatic rings. The Kier molecular flexibility index (Phi) is 6.14. The van der Waals surface area contributed by atoms with Gasteiger partial charge in [-0.3, -0.25) is 0 Å². The quantitative estimate of drug-likeness (QED) is 0.819. The van der Waals surface area contributed by atoms with Crippen LogP contribution in [0, 0.1) is 0 Å². The van der Waals surface area contributed by atoms with Crippen molar-refractivity contribution in [3.8, 4) is 5.75 Å². The summed E-state index contributed by atoms with van der Waals surface area (Å²) in [6, 6.07) is 9.88. The summed E-state index contributed by atoms with van der Waals surface area (Å²) in [6.07, 6.45) is 0.796. The first kappa shape index (κ1) is 16.2. The van der Waals surface area contributed by atoms with Gasteiger partial charge in [-0.25, -0.2) is 4.79 Å². The molecule has 0 bridgehead atoms. The van der Waals surface area contributed by atoms with Gasteiger partial charge in [0, 0.05) is 18.0 Å². The van der Waals surface area contributed by atoms with Crippen molar-refractivity contribution in [2.45, 2.75) is 19.6 Å². The molecule has 0 aliphatic rings. The largest absolute Gasteiger partial charge is 0.435 e. The molecule has 2 amide bonds. The van der Waals surface area contributed by atoms with Crippen LogP contribution in [0.3, 0.4) is 0 Å². The second-order valence-electron chi connectivity index (χ2n) is 4.46. The maximum atomic E-state index is 12.0. The number of benzene rings is 1. The number of amides is 2. The van der Waals surface area contributed by atoms with E-state index in [1.165, 1.54) is 17.0 Å². The number of urea groups is 1. The lowest BCUT2D eigenvalue weighted by Crippen LogP contribution is -2.36. The van der Waals surface area contributed by atoms with Crippen LogP contribution in [0.4, 0.5) is 13.6 Å². The van der Waals surface area contributed by atoms with E-state index >= 15 is 0 Å². The van der Waals surface area contributed by atoms with Gasteiger partial charge in [-0.2, -0.15) is 8.78 Å². The summed E-state index contributed by atoms with van der Waals surface area (Å²) < 4.78 is 28.3. The van der Waals surface area contributed by atoms with Gasteiger partial charge in [0.15, 0.2) is 0 Å². The van der Waals surface area contributed by atoms with Crippen molar-refractivity contribution in [3.63, 3.8) is 0 Å². The molecular formula is C15H16F2N2O2S. The van der Waals surface area contributed by atoms with Crippen LogP contribution in [-0.2, 0) is 13.0 Å². The molecule has 1 aromatic heterocycles. The van der Waals surface area contributed by atoms with Gasteiger partial charge in [-0.15, -0.1) is 11.3 Å². The third-order valence-corrected chi connectivity index (χ3v) is 3.77. The third-order valence-electron chi connectivity index (χ3n) is 2.84. The molecule has 0 saturated heterocycles. The second-order valence-corrected chi connectivity index (χ2v) is 5.49. The smallest absolute Gasteiger partial charge is 0.387 e. The van der Waals surface area contributed by atoms with E-state index in [0.29, 0.717) is 13.1 Å². The average Bonchev–Trinajstić information content (AvgIpc) is 2.99. The van der Waals surface area contributed by atoms with Crippen LogP contribution < -0.4 is 15.4 Å². The molecule has 22 heavy (non-hydrogen) atoms. The van der Waals surface area contributed by atoms with Crippen molar-refractivity contribution in [1.29, 1.82) is 0 Å². The van der Waals surface area contributed by atoms with E-state index < -0.39 is 6.61 Å². The fraction of sp³-hybridized carbons (Fsp3) is 0.267. The Morgan fingerprint density at radius 1 is 1.18 bits per heavy atom. The molecule has 2 N–H and O–H groups in total. The molecule has 1 heterocycles. The predicted octanol–water partition coefficient (Wildman–Crippen LogP) is 3.39. The molecule has 0 atom stereocenters. The molecule has 0 aliphatic carbocycles. The first-order valence-electron chi connectivity index (χ1n) is 6.71. The van der Waals surface area contributed by atoms with Gasteiger partial charge in [-0.05, 0) is 35.6 Å². The van der Waals surface area contributed by atoms with Crippen LogP contribution in [0.1, 0.15) is 10.4 Å². The Morgan fingerprint density at radius 2 is 1.95 bits per heavy atom. The number of halogens is 2. The average molecular weight is 326 g/mol. The van der Waals surface area contributed by atoms with E-state index in [1.54, 1.807) is 23.5 Å². The van der Waals surface area contributed by atoms with Gasteiger partial charge >= 0.3 is 12.6 Å². The second kappa shape index (κ2) is 8.33. The van der Waals surface area contributed by atoms with E-state index in [2.05, 4.69) is 15.4 Å². The van der Waals surface area contributed by atoms with Gasteiger partial charge in [0.25, 0.3) is 0 Å². The molecule has 4 nitrogen and oxygen atoms in total. The predicted molar refractivity (Wildman–Crippen MR) is 81.3 cm³/mol. The Bertz CT molecular complexity index is 574. The number of ether oxygens (including phenoxy) is 1. The Balaban J connectivity index is 1.67. The molecule has 118 valence electrons. The van der Waals surface area contributed by atoms with E-state index in [-0.39, 0.29) is 11.8 Å². The lowest BCUT2D eigenvalue weighted by atomic mass is 10.2. The number of alkyl halides is 2. The molecule has 0 fully saturated rings. The van der Waals surface area contributed by atoms with Crippen molar-refractivity contribution in [3.05, 3.63) is 52.2 Å². The maximum absolute atomic E-state index is 12.0. The summed E-state index contributed by atoms with van der Waals surface area (Å²) >= 11 is 1.65. The summed E-state index contributed by atoms with van der Waals surface area (Å²) in [5.41, 5.74) is 0.801. The van der Waals surface area contributed by atoms with Crippen LogP contribution in [0.5, 0.6) is 5.75 Å². The minimum absolute atomic E-state index is 0.0964. The van der Waals surface area contributed by atoms with Crippen molar-refractivity contribution < 1.29 is 18.3 Å². The third kappa shape index (κ3) is 5.69. The van der Waals surface area contributed by atoms with Crippen LogP contribution >= 0.6 is 11.3 Å². The molecule has 0 spiro atoms. The zero-order chi connectivity index (χ0) is 15.8. The number of hydrogen-bond acceptors (Lipinski definition) is 3. The van der Waals surface area contributed by atoms with E-state index in [4.69, 9.17) is 0 Å². The SMILES string of the molecule is O=C(NCCc1cccs1)NCc1ccc(OC(F)F)cc1. The summed E-state index contributed by atoms with van der Waals surface area (Å²) in [4.78, 5) is 12.8. The van der Waals surface area contributed by atoms with Crippen LogP contribution in [0.2, 0.25) is 0 Å². The van der Waals surface area contributed by atoms with Crippen molar-refractivity contribution in [2.24, 2.45) is 0 Å². The van der Waals surface area contributed by atoms with E-state index in [1.807, 2.05) is 17.5 Å². The molecule has 7 heteroatoms. The van der Waals surface area contributed by atoms with Crippen molar-refractivity contribution in [2.75, 3.05) is 6.54 Å². The van der Waals surface area contributed by atoms with Gasteiger partial charge in [0.05, 0.1) is 0 Å². The van der Waals surface area contributed by atoms with Gasteiger partial charge in [-0.1, -0.05) is 18.2 Å². The minimum Gasteiger partial charge on any atom is -0.435 e. The van der Waals surface area contributed by atoms with Crippen LogP contribution in [0.25, 0.3) is 0 Å².